The van der Waals surface area contributed by atoms with E-state index in [1.165, 1.54) is 18.3 Å². The van der Waals surface area contributed by atoms with E-state index < -0.39 is 17.5 Å². The Bertz CT molecular complexity index is 2280. The number of hydrogen-bond acceptors (Lipinski definition) is 11. The Labute approximate surface area is 357 Å². The Balaban J connectivity index is 1.41. The van der Waals surface area contributed by atoms with Gasteiger partial charge in [-0.15, -0.1) is 11.3 Å². The molecule has 320 valence electrons. The number of carbonyl (C=O) groups is 3. The van der Waals surface area contributed by atoms with Crippen LogP contribution in [0.5, 0.6) is 5.75 Å². The van der Waals surface area contributed by atoms with Gasteiger partial charge < -0.3 is 29.4 Å². The number of thiazole rings is 1. The van der Waals surface area contributed by atoms with Crippen molar-refractivity contribution in [3.8, 4) is 28.1 Å². The van der Waals surface area contributed by atoms with Crippen molar-refractivity contribution in [2.24, 2.45) is 11.3 Å². The number of ether oxygens (including phenoxy) is 2. The van der Waals surface area contributed by atoms with E-state index in [1.54, 1.807) is 36.6 Å². The van der Waals surface area contributed by atoms with Crippen molar-refractivity contribution in [3.05, 3.63) is 83.1 Å². The van der Waals surface area contributed by atoms with E-state index in [9.17, 15) is 19.5 Å². The molecule has 14 heteroatoms. The Morgan fingerprint density at radius 3 is 2.55 bits per heavy atom. The highest BCUT2D eigenvalue weighted by Crippen LogP contribution is 2.41. The Morgan fingerprint density at radius 2 is 1.88 bits per heavy atom. The van der Waals surface area contributed by atoms with Crippen LogP contribution in [0.2, 0.25) is 0 Å². The number of likely N-dealkylation sites (N-methyl/N-ethyl adjacent to an activating group) is 1. The van der Waals surface area contributed by atoms with Gasteiger partial charge >= 0.3 is 5.97 Å². The maximum absolute atomic E-state index is 14.2. The summed E-state index contributed by atoms with van der Waals surface area (Å²) in [5.74, 6) is -0.851. The zero-order chi connectivity index (χ0) is 43.1. The van der Waals surface area contributed by atoms with Crippen LogP contribution >= 0.6 is 11.3 Å². The lowest BCUT2D eigenvalue weighted by molar-refractivity contribution is -0.144. The molecule has 2 amide bonds. The van der Waals surface area contributed by atoms with Gasteiger partial charge in [-0.1, -0.05) is 39.8 Å². The van der Waals surface area contributed by atoms with Gasteiger partial charge in [0, 0.05) is 93.0 Å². The number of esters is 1. The lowest BCUT2D eigenvalue weighted by Crippen LogP contribution is -2.59. The Morgan fingerprint density at radius 1 is 1.08 bits per heavy atom. The van der Waals surface area contributed by atoms with Crippen LogP contribution < -0.4 is 15.6 Å². The lowest BCUT2D eigenvalue weighted by Gasteiger charge is -2.34. The molecule has 0 aliphatic carbocycles. The van der Waals surface area contributed by atoms with Crippen molar-refractivity contribution in [2.45, 2.75) is 92.5 Å². The lowest BCUT2D eigenvalue weighted by atomic mass is 9.84. The quantitative estimate of drug-likeness (QED) is 0.0825. The SMILES string of the molecule is CCn1c(-c2cnccc2COC)c(CC(C)(C)COC(C)=O)c2cc(-c3cc(O)cc(C[C@H](NC(=O)[C@H](C(C)C)N(C)c4nccs4)C(=O)N4CCCCN4)c3)ccc21. The van der Waals surface area contributed by atoms with Gasteiger partial charge in [-0.2, -0.15) is 0 Å². The second-order valence-corrected chi connectivity index (χ2v) is 17.6. The molecule has 0 radical (unpaired) electrons. The predicted molar refractivity (Wildman–Crippen MR) is 237 cm³/mol. The van der Waals surface area contributed by atoms with Crippen LogP contribution in [0.1, 0.15) is 71.1 Å². The summed E-state index contributed by atoms with van der Waals surface area (Å²) < 4.78 is 13.5. The van der Waals surface area contributed by atoms with Crippen LogP contribution in [0.25, 0.3) is 33.3 Å². The van der Waals surface area contributed by atoms with Crippen molar-refractivity contribution >= 4 is 45.2 Å². The second-order valence-electron chi connectivity index (χ2n) is 16.8. The fraction of sp³-hybridized carbons (Fsp3) is 0.457. The van der Waals surface area contributed by atoms with Crippen LogP contribution in [0, 0.1) is 11.3 Å². The number of hydrazine groups is 1. The topological polar surface area (TPSA) is 151 Å². The highest BCUT2D eigenvalue weighted by molar-refractivity contribution is 7.13. The molecule has 1 saturated heterocycles. The molecule has 6 rings (SSSR count). The van der Waals surface area contributed by atoms with Gasteiger partial charge in [0.1, 0.15) is 17.8 Å². The van der Waals surface area contributed by atoms with Crippen molar-refractivity contribution in [1.29, 1.82) is 0 Å². The first-order valence-electron chi connectivity index (χ1n) is 20.7. The smallest absolute Gasteiger partial charge is 0.302 e. The fourth-order valence-corrected chi connectivity index (χ4v) is 8.96. The standard InChI is InChI=1S/C46H59N7O6S/c1-9-52-40-13-12-32(24-36(40)37(25-46(5,6)28-59-30(4)54)42(52)38-26-47-16-14-33(38)27-58-8)34-20-31(21-35(55)23-34)22-39(44(57)53-18-11-10-15-49-53)50-43(56)41(29(2)3)51(7)45-48-17-19-60-45/h12-14,16-17,19-21,23-24,26,29,39,41,49,55H,9-11,15,18,22,25,27-28H2,1-8H3,(H,50,56)/t39-,41-/m0/s1. The number of anilines is 1. The molecule has 1 aliphatic rings. The molecule has 2 atom stereocenters. The first-order chi connectivity index (χ1) is 28.7. The first-order valence-corrected chi connectivity index (χ1v) is 21.6. The van der Waals surface area contributed by atoms with Crippen molar-refractivity contribution in [1.82, 2.24) is 30.3 Å². The molecule has 13 nitrogen and oxygen atoms in total. The molecule has 0 spiro atoms. The summed E-state index contributed by atoms with van der Waals surface area (Å²) in [5, 5.41) is 19.6. The summed E-state index contributed by atoms with van der Waals surface area (Å²) in [6.07, 6.45) is 7.94. The third kappa shape index (κ3) is 10.2. The molecule has 4 heterocycles. The molecule has 1 fully saturated rings. The third-order valence-electron chi connectivity index (χ3n) is 11.1. The minimum atomic E-state index is -0.904. The number of pyridine rings is 1. The number of rotatable bonds is 17. The summed E-state index contributed by atoms with van der Waals surface area (Å²) in [4.78, 5) is 51.1. The number of nitrogens with zero attached hydrogens (tertiary/aromatic N) is 5. The van der Waals surface area contributed by atoms with Crippen LogP contribution in [0.3, 0.4) is 0 Å². The van der Waals surface area contributed by atoms with Crippen LogP contribution in [-0.2, 0) is 49.9 Å². The molecule has 0 bridgehead atoms. The number of phenolic OH excluding ortho intramolecular Hbond substituents is 1. The molecular formula is C46H59N7O6S. The first kappa shape index (κ1) is 44.2. The average Bonchev–Trinajstić information content (AvgIpc) is 3.87. The third-order valence-corrected chi connectivity index (χ3v) is 11.9. The van der Waals surface area contributed by atoms with Gasteiger partial charge in [0.2, 0.25) is 5.91 Å². The summed E-state index contributed by atoms with van der Waals surface area (Å²) in [6, 6.07) is 12.2. The van der Waals surface area contributed by atoms with E-state index in [2.05, 4.69) is 58.2 Å². The number of phenols is 1. The maximum Gasteiger partial charge on any atom is 0.302 e. The molecule has 60 heavy (non-hydrogen) atoms. The number of aryl methyl sites for hydroxylation is 1. The van der Waals surface area contributed by atoms with Crippen molar-refractivity contribution in [2.75, 3.05) is 38.8 Å². The van der Waals surface area contributed by atoms with E-state index in [-0.39, 0.29) is 42.5 Å². The fourth-order valence-electron chi connectivity index (χ4n) is 8.31. The van der Waals surface area contributed by atoms with Gasteiger partial charge in [0.15, 0.2) is 5.13 Å². The minimum absolute atomic E-state index is 0.0499. The van der Waals surface area contributed by atoms with E-state index in [0.29, 0.717) is 43.4 Å². The van der Waals surface area contributed by atoms with Gasteiger partial charge in [0.25, 0.3) is 5.91 Å². The monoisotopic (exact) mass is 837 g/mol. The van der Waals surface area contributed by atoms with Gasteiger partial charge in [-0.3, -0.25) is 24.4 Å². The van der Waals surface area contributed by atoms with Crippen LogP contribution in [-0.4, -0.2) is 88.4 Å². The number of aromatic nitrogens is 3. The number of fused-ring (bicyclic) bond motifs is 1. The summed E-state index contributed by atoms with van der Waals surface area (Å²) in [5.41, 5.74) is 10.3. The number of aromatic hydroxyl groups is 1. The normalized spacial score (nSPS) is 14.3. The molecule has 5 aromatic rings. The average molecular weight is 838 g/mol. The van der Waals surface area contributed by atoms with Crippen LogP contribution in [0.15, 0.2) is 66.4 Å². The molecule has 3 N–H and O–H groups in total. The number of methoxy groups -OCH3 is 1. The molecule has 2 aromatic carbocycles. The molecule has 1 aliphatic heterocycles. The molecule has 0 unspecified atom stereocenters. The maximum atomic E-state index is 14.2. The van der Waals surface area contributed by atoms with Gasteiger partial charge in [0.05, 0.1) is 18.9 Å². The largest absolute Gasteiger partial charge is 0.508 e. The van der Waals surface area contributed by atoms with Crippen molar-refractivity contribution < 1.29 is 29.0 Å². The summed E-state index contributed by atoms with van der Waals surface area (Å²) in [6.45, 7) is 14.3. The second kappa shape index (κ2) is 19.4. The summed E-state index contributed by atoms with van der Waals surface area (Å²) >= 11 is 1.45. The zero-order valence-corrected chi connectivity index (χ0v) is 36.9. The van der Waals surface area contributed by atoms with Gasteiger partial charge in [-0.05, 0) is 90.3 Å². The number of amides is 2. The van der Waals surface area contributed by atoms with E-state index in [0.717, 1.165) is 57.3 Å². The molecule has 3 aromatic heterocycles. The van der Waals surface area contributed by atoms with E-state index >= 15 is 0 Å². The molecular weight excluding hydrogens is 779 g/mol. The highest BCUT2D eigenvalue weighted by atomic mass is 32.1. The number of carbonyl (C=O) groups excluding carboxylic acids is 3. The number of nitrogens with one attached hydrogen (secondary N) is 2. The Hall–Kier alpha value is -5.31. The number of hydrogen-bond donors (Lipinski definition) is 3. The van der Waals surface area contributed by atoms with Crippen LogP contribution in [0.4, 0.5) is 5.13 Å². The Kier molecular flexibility index (Phi) is 14.3. The van der Waals surface area contributed by atoms with E-state index in [1.807, 2.05) is 55.6 Å². The minimum Gasteiger partial charge on any atom is -0.508 e. The van der Waals surface area contributed by atoms with Crippen molar-refractivity contribution in [3.63, 3.8) is 0 Å². The highest BCUT2D eigenvalue weighted by Gasteiger charge is 2.34. The van der Waals surface area contributed by atoms with E-state index in [4.69, 9.17) is 9.47 Å². The summed E-state index contributed by atoms with van der Waals surface area (Å²) in [7, 11) is 3.53. The molecule has 0 saturated carbocycles. The zero-order valence-electron chi connectivity index (χ0n) is 36.1. The predicted octanol–water partition coefficient (Wildman–Crippen LogP) is 7.15. The van der Waals surface area contributed by atoms with Gasteiger partial charge in [-0.25, -0.2) is 10.4 Å². The number of benzene rings is 2.